The first-order valence-corrected chi connectivity index (χ1v) is 9.05. The van der Waals surface area contributed by atoms with E-state index in [1.807, 2.05) is 6.07 Å². The number of benzene rings is 1. The van der Waals surface area contributed by atoms with Crippen LogP contribution in [0.4, 0.5) is 0 Å². The Bertz CT molecular complexity index is 765. The molecule has 25 heavy (non-hydrogen) atoms. The Balaban J connectivity index is 1.46. The maximum Gasteiger partial charge on any atom is 0.277 e. The normalized spacial score (nSPS) is 15.8. The highest BCUT2D eigenvalue weighted by Gasteiger charge is 2.10. The van der Waals surface area contributed by atoms with E-state index in [9.17, 15) is 9.59 Å². The van der Waals surface area contributed by atoms with Crippen molar-refractivity contribution >= 4 is 16.8 Å². The van der Waals surface area contributed by atoms with E-state index in [1.54, 1.807) is 18.2 Å². The van der Waals surface area contributed by atoms with Crippen LogP contribution in [0.2, 0.25) is 0 Å². The summed E-state index contributed by atoms with van der Waals surface area (Å²) in [6.45, 7) is 4.03. The molecular formula is C18H25N5O2. The molecule has 1 aliphatic rings. The number of rotatable bonds is 6. The Hall–Kier alpha value is -2.28. The standard InChI is InChI=1S/C18H25N5O2/c24-17(19-10-14-22-11-5-1-2-6-12-22)9-13-23-18(25)15-7-3-4-8-16(15)20-21-23/h3-4,7-8H,1-2,5-6,9-14H2,(H,19,24). The van der Waals surface area contributed by atoms with Crippen molar-refractivity contribution in [3.05, 3.63) is 34.6 Å². The van der Waals surface area contributed by atoms with E-state index in [0.29, 0.717) is 17.4 Å². The lowest BCUT2D eigenvalue weighted by Crippen LogP contribution is -2.36. The van der Waals surface area contributed by atoms with Crippen molar-refractivity contribution in [3.8, 4) is 0 Å². The minimum absolute atomic E-state index is 0.0586. The average molecular weight is 343 g/mol. The van der Waals surface area contributed by atoms with Gasteiger partial charge in [0.25, 0.3) is 5.56 Å². The largest absolute Gasteiger partial charge is 0.355 e. The molecule has 0 aliphatic carbocycles. The molecule has 0 spiro atoms. The second kappa shape index (κ2) is 8.71. The molecule has 1 aromatic carbocycles. The second-order valence-electron chi connectivity index (χ2n) is 6.49. The Kier molecular flexibility index (Phi) is 6.11. The maximum absolute atomic E-state index is 12.3. The van der Waals surface area contributed by atoms with Gasteiger partial charge >= 0.3 is 0 Å². The zero-order valence-electron chi connectivity index (χ0n) is 14.5. The molecule has 7 nitrogen and oxygen atoms in total. The van der Waals surface area contributed by atoms with Crippen LogP contribution in [0.15, 0.2) is 29.1 Å². The summed E-state index contributed by atoms with van der Waals surface area (Å²) in [6.07, 6.45) is 5.34. The fourth-order valence-corrected chi connectivity index (χ4v) is 3.18. The smallest absolute Gasteiger partial charge is 0.277 e. The van der Waals surface area contributed by atoms with Crippen molar-refractivity contribution in [2.45, 2.75) is 38.6 Å². The van der Waals surface area contributed by atoms with Gasteiger partial charge in [-0.15, -0.1) is 5.10 Å². The summed E-state index contributed by atoms with van der Waals surface area (Å²) in [6, 6.07) is 7.09. The lowest BCUT2D eigenvalue weighted by molar-refractivity contribution is -0.121. The van der Waals surface area contributed by atoms with Gasteiger partial charge < -0.3 is 10.2 Å². The third kappa shape index (κ3) is 4.85. The molecule has 0 bridgehead atoms. The minimum Gasteiger partial charge on any atom is -0.355 e. The van der Waals surface area contributed by atoms with Crippen LogP contribution in [0.1, 0.15) is 32.1 Å². The first-order chi connectivity index (χ1) is 12.2. The molecule has 1 N–H and O–H groups in total. The van der Waals surface area contributed by atoms with Gasteiger partial charge in [-0.1, -0.05) is 30.2 Å². The average Bonchev–Trinajstić information content (AvgIpc) is 2.90. The number of hydrogen-bond donors (Lipinski definition) is 1. The van der Waals surface area contributed by atoms with E-state index in [-0.39, 0.29) is 24.4 Å². The number of amides is 1. The van der Waals surface area contributed by atoms with E-state index < -0.39 is 0 Å². The third-order valence-corrected chi connectivity index (χ3v) is 4.63. The summed E-state index contributed by atoms with van der Waals surface area (Å²) in [7, 11) is 0. The van der Waals surface area contributed by atoms with Crippen molar-refractivity contribution < 1.29 is 4.79 Å². The number of nitrogens with zero attached hydrogens (tertiary/aromatic N) is 4. The van der Waals surface area contributed by atoms with Crippen LogP contribution in [-0.2, 0) is 11.3 Å². The van der Waals surface area contributed by atoms with Crippen LogP contribution in [-0.4, -0.2) is 52.0 Å². The van der Waals surface area contributed by atoms with Crippen LogP contribution >= 0.6 is 0 Å². The van der Waals surface area contributed by atoms with Crippen LogP contribution < -0.4 is 10.9 Å². The molecular weight excluding hydrogens is 318 g/mol. The molecule has 2 aromatic rings. The highest BCUT2D eigenvalue weighted by molar-refractivity contribution is 5.77. The summed E-state index contributed by atoms with van der Waals surface area (Å²) < 4.78 is 1.26. The predicted octanol–water partition coefficient (Wildman–Crippen LogP) is 1.17. The molecule has 0 atom stereocenters. The molecule has 0 radical (unpaired) electrons. The zero-order chi connectivity index (χ0) is 17.5. The van der Waals surface area contributed by atoms with E-state index in [0.717, 1.165) is 19.6 Å². The predicted molar refractivity (Wildman–Crippen MR) is 96.3 cm³/mol. The van der Waals surface area contributed by atoms with Crippen molar-refractivity contribution in [1.29, 1.82) is 0 Å². The lowest BCUT2D eigenvalue weighted by atomic mass is 10.2. The van der Waals surface area contributed by atoms with Gasteiger partial charge in [0.1, 0.15) is 5.52 Å². The molecule has 1 fully saturated rings. The van der Waals surface area contributed by atoms with E-state index >= 15 is 0 Å². The Morgan fingerprint density at radius 3 is 2.64 bits per heavy atom. The SMILES string of the molecule is O=C(CCn1nnc2ccccc2c1=O)NCCN1CCCCCC1. The summed E-state index contributed by atoms with van der Waals surface area (Å²) in [5.74, 6) is -0.0586. The van der Waals surface area contributed by atoms with Crippen molar-refractivity contribution in [2.24, 2.45) is 0 Å². The number of nitrogens with one attached hydrogen (secondary N) is 1. The van der Waals surface area contributed by atoms with Gasteiger partial charge in [0.2, 0.25) is 5.91 Å². The topological polar surface area (TPSA) is 80.1 Å². The molecule has 0 saturated carbocycles. The van der Waals surface area contributed by atoms with E-state index in [1.165, 1.54) is 30.4 Å². The molecule has 7 heteroatoms. The van der Waals surface area contributed by atoms with Gasteiger partial charge in [-0.3, -0.25) is 9.59 Å². The van der Waals surface area contributed by atoms with Gasteiger partial charge in [0, 0.05) is 19.5 Å². The molecule has 3 rings (SSSR count). The van der Waals surface area contributed by atoms with Gasteiger partial charge in [-0.25, -0.2) is 4.68 Å². The number of likely N-dealkylation sites (tertiary alicyclic amines) is 1. The monoisotopic (exact) mass is 343 g/mol. The van der Waals surface area contributed by atoms with Crippen molar-refractivity contribution in [3.63, 3.8) is 0 Å². The Morgan fingerprint density at radius 1 is 1.08 bits per heavy atom. The fraction of sp³-hybridized carbons (Fsp3) is 0.556. The lowest BCUT2D eigenvalue weighted by Gasteiger charge is -2.19. The van der Waals surface area contributed by atoms with E-state index in [2.05, 4.69) is 20.5 Å². The molecule has 2 heterocycles. The molecule has 1 amide bonds. The second-order valence-corrected chi connectivity index (χ2v) is 6.49. The quantitative estimate of drug-likeness (QED) is 0.852. The first-order valence-electron chi connectivity index (χ1n) is 9.05. The molecule has 1 aromatic heterocycles. The van der Waals surface area contributed by atoms with Crippen LogP contribution in [0, 0.1) is 0 Å². The van der Waals surface area contributed by atoms with Crippen molar-refractivity contribution in [2.75, 3.05) is 26.2 Å². The van der Waals surface area contributed by atoms with Gasteiger partial charge in [0.05, 0.1) is 11.9 Å². The Morgan fingerprint density at radius 2 is 1.84 bits per heavy atom. The Labute approximate surface area is 147 Å². The van der Waals surface area contributed by atoms with Crippen molar-refractivity contribution in [1.82, 2.24) is 25.2 Å². The number of hydrogen-bond acceptors (Lipinski definition) is 5. The molecule has 1 saturated heterocycles. The third-order valence-electron chi connectivity index (χ3n) is 4.63. The van der Waals surface area contributed by atoms with Gasteiger partial charge in [-0.2, -0.15) is 0 Å². The molecule has 1 aliphatic heterocycles. The highest BCUT2D eigenvalue weighted by atomic mass is 16.2. The van der Waals surface area contributed by atoms with Crippen LogP contribution in [0.3, 0.4) is 0 Å². The van der Waals surface area contributed by atoms with Crippen LogP contribution in [0.25, 0.3) is 10.9 Å². The van der Waals surface area contributed by atoms with Gasteiger partial charge in [-0.05, 0) is 38.1 Å². The molecule has 0 unspecified atom stereocenters. The number of aryl methyl sites for hydroxylation is 1. The number of aromatic nitrogens is 3. The molecule has 134 valence electrons. The first kappa shape index (κ1) is 17.5. The maximum atomic E-state index is 12.3. The van der Waals surface area contributed by atoms with E-state index in [4.69, 9.17) is 0 Å². The summed E-state index contributed by atoms with van der Waals surface area (Å²) in [5, 5.41) is 11.4. The van der Waals surface area contributed by atoms with Gasteiger partial charge in [0.15, 0.2) is 0 Å². The summed E-state index contributed by atoms with van der Waals surface area (Å²) in [4.78, 5) is 26.7. The minimum atomic E-state index is -0.206. The number of carbonyl (C=O) groups is 1. The summed E-state index contributed by atoms with van der Waals surface area (Å²) in [5.41, 5.74) is 0.369. The fourth-order valence-electron chi connectivity index (χ4n) is 3.18. The summed E-state index contributed by atoms with van der Waals surface area (Å²) >= 11 is 0. The number of fused-ring (bicyclic) bond motifs is 1. The zero-order valence-corrected chi connectivity index (χ0v) is 14.5. The number of carbonyl (C=O) groups excluding carboxylic acids is 1. The highest BCUT2D eigenvalue weighted by Crippen LogP contribution is 2.08. The van der Waals surface area contributed by atoms with Crippen LogP contribution in [0.5, 0.6) is 0 Å².